The van der Waals surface area contributed by atoms with E-state index in [1.54, 1.807) is 43.1 Å². The molecule has 9 heteroatoms. The fourth-order valence-electron chi connectivity index (χ4n) is 3.92. The number of aromatic nitrogens is 3. The zero-order valence-corrected chi connectivity index (χ0v) is 20.5. The Morgan fingerprint density at radius 2 is 1.69 bits per heavy atom. The van der Waals surface area contributed by atoms with E-state index in [4.69, 9.17) is 14.2 Å². The van der Waals surface area contributed by atoms with Crippen LogP contribution in [0.2, 0.25) is 0 Å². The monoisotopic (exact) mass is 488 g/mol. The molecule has 0 aliphatic heterocycles. The molecule has 0 aliphatic rings. The van der Waals surface area contributed by atoms with Gasteiger partial charge in [0.1, 0.15) is 0 Å². The van der Waals surface area contributed by atoms with Gasteiger partial charge in [0.25, 0.3) is 0 Å². The lowest BCUT2D eigenvalue weighted by Crippen LogP contribution is -2.11. The van der Waals surface area contributed by atoms with Crippen molar-refractivity contribution >= 4 is 23.3 Å². The number of nitrogens with one attached hydrogen (secondary N) is 1. The van der Waals surface area contributed by atoms with Crippen LogP contribution in [0.4, 0.5) is 5.82 Å². The maximum atomic E-state index is 12.5. The predicted molar refractivity (Wildman–Crippen MR) is 135 cm³/mol. The number of benzene rings is 2. The summed E-state index contributed by atoms with van der Waals surface area (Å²) in [5, 5.41) is 7.41. The van der Waals surface area contributed by atoms with E-state index in [2.05, 4.69) is 15.4 Å². The van der Waals surface area contributed by atoms with Crippen molar-refractivity contribution in [2.24, 2.45) is 0 Å². The highest BCUT2D eigenvalue weighted by Crippen LogP contribution is 2.32. The van der Waals surface area contributed by atoms with Gasteiger partial charge in [-0.15, -0.1) is 5.10 Å². The van der Waals surface area contributed by atoms with E-state index in [0.717, 1.165) is 36.1 Å². The molecule has 4 aromatic rings. The predicted octanol–water partition coefficient (Wildman–Crippen LogP) is 4.55. The number of esters is 1. The van der Waals surface area contributed by atoms with Gasteiger partial charge < -0.3 is 19.5 Å². The molecule has 0 spiro atoms. The first-order valence-electron chi connectivity index (χ1n) is 11.6. The smallest absolute Gasteiger partial charge is 0.337 e. The molecule has 1 amide bonds. The fourth-order valence-corrected chi connectivity index (χ4v) is 3.92. The van der Waals surface area contributed by atoms with Crippen molar-refractivity contribution in [2.75, 3.05) is 26.6 Å². The van der Waals surface area contributed by atoms with Gasteiger partial charge in [0, 0.05) is 24.2 Å². The van der Waals surface area contributed by atoms with Gasteiger partial charge in [-0.1, -0.05) is 12.1 Å². The highest BCUT2D eigenvalue weighted by molar-refractivity contribution is 5.90. The lowest BCUT2D eigenvalue weighted by atomic mass is 10.1. The number of carbonyl (C=O) groups excluding carboxylic acids is 2. The Kier molecular flexibility index (Phi) is 7.79. The van der Waals surface area contributed by atoms with Crippen LogP contribution in [0.1, 0.15) is 35.2 Å². The third kappa shape index (κ3) is 5.63. The molecule has 0 fully saturated rings. The standard InChI is InChI=1S/C27H28N4O5/c1-34-22-13-12-20(16-23(22)35-2)21-14-15-28-25-17-24(30-31(21)25)29-26(32)7-5-4-6-18-8-10-19(11-9-18)27(33)36-3/h8-17H,4-7H2,1-3H3,(H,29,30,32). The Balaban J connectivity index is 1.35. The van der Waals surface area contributed by atoms with Crippen molar-refractivity contribution < 1.29 is 23.8 Å². The van der Waals surface area contributed by atoms with Gasteiger partial charge in [-0.3, -0.25) is 4.79 Å². The highest BCUT2D eigenvalue weighted by Gasteiger charge is 2.13. The molecule has 0 atom stereocenters. The Morgan fingerprint density at radius 1 is 0.917 bits per heavy atom. The summed E-state index contributed by atoms with van der Waals surface area (Å²) in [5.41, 5.74) is 3.93. The Bertz CT molecular complexity index is 1360. The average Bonchev–Trinajstić information content (AvgIpc) is 3.33. The van der Waals surface area contributed by atoms with E-state index in [1.807, 2.05) is 36.4 Å². The average molecular weight is 489 g/mol. The zero-order valence-electron chi connectivity index (χ0n) is 20.5. The Labute approximate surface area is 209 Å². The molecule has 0 aliphatic carbocycles. The molecule has 2 heterocycles. The lowest BCUT2D eigenvalue weighted by molar-refractivity contribution is -0.116. The maximum Gasteiger partial charge on any atom is 0.337 e. The molecular weight excluding hydrogens is 460 g/mol. The summed E-state index contributed by atoms with van der Waals surface area (Å²) in [6.45, 7) is 0. The number of aryl methyl sites for hydroxylation is 1. The molecule has 0 radical (unpaired) electrons. The Morgan fingerprint density at radius 3 is 2.42 bits per heavy atom. The minimum atomic E-state index is -0.351. The van der Waals surface area contributed by atoms with Gasteiger partial charge in [-0.25, -0.2) is 14.3 Å². The lowest BCUT2D eigenvalue weighted by Gasteiger charge is -2.10. The first kappa shape index (κ1) is 24.7. The van der Waals surface area contributed by atoms with Gasteiger partial charge >= 0.3 is 5.97 Å². The largest absolute Gasteiger partial charge is 0.493 e. The molecular formula is C27H28N4O5. The second-order valence-electron chi connectivity index (χ2n) is 8.14. The molecule has 0 unspecified atom stereocenters. The molecule has 1 N–H and O–H groups in total. The molecule has 2 aromatic carbocycles. The van der Waals surface area contributed by atoms with E-state index in [-0.39, 0.29) is 11.9 Å². The minimum Gasteiger partial charge on any atom is -0.493 e. The third-order valence-corrected chi connectivity index (χ3v) is 5.80. The third-order valence-electron chi connectivity index (χ3n) is 5.80. The van der Waals surface area contributed by atoms with Gasteiger partial charge in [-0.05, 0) is 61.2 Å². The summed E-state index contributed by atoms with van der Waals surface area (Å²) >= 11 is 0. The normalized spacial score (nSPS) is 10.8. The molecule has 0 saturated carbocycles. The summed E-state index contributed by atoms with van der Waals surface area (Å²) in [5.74, 6) is 1.24. The first-order valence-corrected chi connectivity index (χ1v) is 11.6. The molecule has 186 valence electrons. The number of methoxy groups -OCH3 is 3. The quantitative estimate of drug-likeness (QED) is 0.258. The summed E-state index contributed by atoms with van der Waals surface area (Å²) in [6, 6.07) is 16.5. The number of anilines is 1. The summed E-state index contributed by atoms with van der Waals surface area (Å²) in [6.07, 6.45) is 4.48. The summed E-state index contributed by atoms with van der Waals surface area (Å²) in [4.78, 5) is 28.4. The van der Waals surface area contributed by atoms with Crippen molar-refractivity contribution in [3.63, 3.8) is 0 Å². The van der Waals surface area contributed by atoms with Crippen LogP contribution in [0.25, 0.3) is 16.9 Å². The fraction of sp³-hybridized carbons (Fsp3) is 0.259. The van der Waals surface area contributed by atoms with Crippen molar-refractivity contribution in [3.05, 3.63) is 71.9 Å². The van der Waals surface area contributed by atoms with E-state index >= 15 is 0 Å². The van der Waals surface area contributed by atoms with Crippen LogP contribution in [-0.4, -0.2) is 47.8 Å². The van der Waals surface area contributed by atoms with Crippen LogP contribution in [0.3, 0.4) is 0 Å². The van der Waals surface area contributed by atoms with Crippen molar-refractivity contribution in [3.8, 4) is 22.8 Å². The van der Waals surface area contributed by atoms with Crippen molar-refractivity contribution in [1.82, 2.24) is 14.6 Å². The summed E-state index contributed by atoms with van der Waals surface area (Å²) in [7, 11) is 4.54. The maximum absolute atomic E-state index is 12.5. The number of fused-ring (bicyclic) bond motifs is 1. The first-order chi connectivity index (χ1) is 17.5. The van der Waals surface area contributed by atoms with Crippen LogP contribution in [0, 0.1) is 0 Å². The van der Waals surface area contributed by atoms with Crippen molar-refractivity contribution in [1.29, 1.82) is 0 Å². The molecule has 0 saturated heterocycles. The second kappa shape index (κ2) is 11.4. The van der Waals surface area contributed by atoms with E-state index in [1.165, 1.54) is 7.11 Å². The number of carbonyl (C=O) groups is 2. The van der Waals surface area contributed by atoms with Gasteiger partial charge in [-0.2, -0.15) is 0 Å². The number of unbranched alkanes of at least 4 members (excludes halogenated alkanes) is 1. The minimum absolute atomic E-state index is 0.105. The summed E-state index contributed by atoms with van der Waals surface area (Å²) < 4.78 is 17.1. The van der Waals surface area contributed by atoms with Crippen LogP contribution >= 0.6 is 0 Å². The Hall–Kier alpha value is -4.40. The number of ether oxygens (including phenoxy) is 3. The molecule has 4 rings (SSSR count). The van der Waals surface area contributed by atoms with E-state index in [9.17, 15) is 9.59 Å². The van der Waals surface area contributed by atoms with Crippen LogP contribution in [0.15, 0.2) is 60.8 Å². The number of hydrogen-bond acceptors (Lipinski definition) is 7. The molecule has 0 bridgehead atoms. The highest BCUT2D eigenvalue weighted by atomic mass is 16.5. The number of amides is 1. The topological polar surface area (TPSA) is 104 Å². The van der Waals surface area contributed by atoms with Gasteiger partial charge in [0.05, 0.1) is 32.6 Å². The van der Waals surface area contributed by atoms with Crippen LogP contribution in [-0.2, 0) is 16.0 Å². The van der Waals surface area contributed by atoms with Gasteiger partial charge in [0.2, 0.25) is 5.91 Å². The van der Waals surface area contributed by atoms with Crippen molar-refractivity contribution in [2.45, 2.75) is 25.7 Å². The zero-order chi connectivity index (χ0) is 25.5. The van der Waals surface area contributed by atoms with Crippen LogP contribution < -0.4 is 14.8 Å². The van der Waals surface area contributed by atoms with E-state index < -0.39 is 0 Å². The number of rotatable bonds is 10. The van der Waals surface area contributed by atoms with Crippen LogP contribution in [0.5, 0.6) is 11.5 Å². The second-order valence-corrected chi connectivity index (χ2v) is 8.14. The van der Waals surface area contributed by atoms with Gasteiger partial charge in [0.15, 0.2) is 23.0 Å². The SMILES string of the molecule is COC(=O)c1ccc(CCCCC(=O)Nc2cc3nccc(-c4ccc(OC)c(OC)c4)n3n2)cc1. The number of nitrogens with zero attached hydrogens (tertiary/aromatic N) is 3. The van der Waals surface area contributed by atoms with E-state index in [0.29, 0.717) is 34.9 Å². The molecule has 2 aromatic heterocycles. The number of hydrogen-bond donors (Lipinski definition) is 1. The molecule has 36 heavy (non-hydrogen) atoms. The molecule has 9 nitrogen and oxygen atoms in total.